The summed E-state index contributed by atoms with van der Waals surface area (Å²) in [5, 5.41) is 0. The van der Waals surface area contributed by atoms with Crippen LogP contribution in [0.2, 0.25) is 0 Å². The van der Waals surface area contributed by atoms with Gasteiger partial charge in [0.1, 0.15) is 12.2 Å². The minimum Gasteiger partial charge on any atom is -0.458 e. The molecule has 4 rings (SSSR count). The summed E-state index contributed by atoms with van der Waals surface area (Å²) in [4.78, 5) is 25.3. The van der Waals surface area contributed by atoms with Gasteiger partial charge in [0.25, 0.3) is 0 Å². The molecule has 9 unspecified atom stereocenters. The lowest BCUT2D eigenvalue weighted by Crippen LogP contribution is -2.55. The second-order valence-electron chi connectivity index (χ2n) is 14.6. The normalized spacial score (nSPS) is 37.6. The molecule has 0 N–H and O–H groups in total. The van der Waals surface area contributed by atoms with Crippen LogP contribution in [0.4, 0.5) is 0 Å². The SMILES string of the molecule is C=CC=CC(=CC)C(=O)OC1CCC2(C)C(=CC(OC(C)=O)C3C2CCC2(C)C(C(C)CCCC(C)C)CCC32)C1. The molecule has 4 nitrogen and oxygen atoms in total. The number of ether oxygens (including phenoxy) is 2. The Morgan fingerprint density at radius 2 is 1.80 bits per heavy atom. The predicted molar refractivity (Wildman–Crippen MR) is 167 cm³/mol. The van der Waals surface area contributed by atoms with E-state index in [2.05, 4.69) is 47.3 Å². The molecule has 4 aliphatic rings. The Bertz CT molecular complexity index is 1060. The molecule has 3 fully saturated rings. The largest absolute Gasteiger partial charge is 0.458 e. The highest BCUT2D eigenvalue weighted by Crippen LogP contribution is 2.67. The average molecular weight is 565 g/mol. The summed E-state index contributed by atoms with van der Waals surface area (Å²) in [6.45, 7) is 19.3. The van der Waals surface area contributed by atoms with E-state index >= 15 is 0 Å². The summed E-state index contributed by atoms with van der Waals surface area (Å²) in [6.07, 6.45) is 20.5. The van der Waals surface area contributed by atoms with Gasteiger partial charge in [-0.1, -0.05) is 84.3 Å². The van der Waals surface area contributed by atoms with E-state index < -0.39 is 0 Å². The Labute approximate surface area is 250 Å². The number of allylic oxidation sites excluding steroid dienone is 3. The molecule has 0 heterocycles. The van der Waals surface area contributed by atoms with Crippen LogP contribution in [0, 0.1) is 46.3 Å². The van der Waals surface area contributed by atoms with Crippen LogP contribution in [-0.2, 0) is 19.1 Å². The number of carbonyl (C=O) groups excluding carboxylic acids is 2. The number of carbonyl (C=O) groups is 2. The molecule has 9 atom stereocenters. The van der Waals surface area contributed by atoms with Crippen molar-refractivity contribution in [3.05, 3.63) is 48.1 Å². The highest BCUT2D eigenvalue weighted by atomic mass is 16.5. The van der Waals surface area contributed by atoms with Crippen molar-refractivity contribution in [2.75, 3.05) is 0 Å². The Hall–Kier alpha value is -2.10. The van der Waals surface area contributed by atoms with Gasteiger partial charge in [0.2, 0.25) is 0 Å². The number of hydrogen-bond donors (Lipinski definition) is 0. The van der Waals surface area contributed by atoms with Crippen molar-refractivity contribution in [3.8, 4) is 0 Å². The monoisotopic (exact) mass is 564 g/mol. The van der Waals surface area contributed by atoms with Gasteiger partial charge in [-0.25, -0.2) is 4.79 Å². The Kier molecular flexibility index (Phi) is 10.1. The molecule has 0 amide bonds. The van der Waals surface area contributed by atoms with Gasteiger partial charge in [-0.3, -0.25) is 4.79 Å². The maximum atomic E-state index is 12.9. The number of esters is 2. The predicted octanol–water partition coefficient (Wildman–Crippen LogP) is 9.17. The lowest BCUT2D eigenvalue weighted by molar-refractivity contribution is -0.159. The van der Waals surface area contributed by atoms with Gasteiger partial charge >= 0.3 is 11.9 Å². The van der Waals surface area contributed by atoms with Crippen LogP contribution < -0.4 is 0 Å². The first-order valence-corrected chi connectivity index (χ1v) is 16.5. The van der Waals surface area contributed by atoms with Crippen molar-refractivity contribution < 1.29 is 19.1 Å². The van der Waals surface area contributed by atoms with E-state index in [1.165, 1.54) is 50.5 Å². The maximum absolute atomic E-state index is 12.9. The fourth-order valence-electron chi connectivity index (χ4n) is 9.69. The first-order chi connectivity index (χ1) is 19.4. The van der Waals surface area contributed by atoms with Crippen LogP contribution in [0.25, 0.3) is 0 Å². The summed E-state index contributed by atoms with van der Waals surface area (Å²) in [7, 11) is 0. The van der Waals surface area contributed by atoms with Crippen LogP contribution in [0.3, 0.4) is 0 Å². The third-order valence-electron chi connectivity index (χ3n) is 11.8. The molecule has 0 saturated heterocycles. The molecule has 0 spiro atoms. The van der Waals surface area contributed by atoms with Gasteiger partial charge in [0.15, 0.2) is 0 Å². The minimum atomic E-state index is -0.280. The lowest BCUT2D eigenvalue weighted by Gasteiger charge is -2.59. The van der Waals surface area contributed by atoms with Gasteiger partial charge in [-0.15, -0.1) is 0 Å². The zero-order valence-corrected chi connectivity index (χ0v) is 26.9. The van der Waals surface area contributed by atoms with Crippen molar-refractivity contribution in [1.29, 1.82) is 0 Å². The fraction of sp³-hybridized carbons (Fsp3) is 0.730. The maximum Gasteiger partial charge on any atom is 0.338 e. The Morgan fingerprint density at radius 1 is 1.05 bits per heavy atom. The number of fused-ring (bicyclic) bond motifs is 5. The third-order valence-corrected chi connectivity index (χ3v) is 11.8. The van der Waals surface area contributed by atoms with Gasteiger partial charge in [-0.05, 0) is 98.0 Å². The molecule has 0 radical (unpaired) electrons. The summed E-state index contributed by atoms with van der Waals surface area (Å²) in [5.74, 6) is 3.25. The third kappa shape index (κ3) is 6.47. The van der Waals surface area contributed by atoms with Crippen molar-refractivity contribution >= 4 is 11.9 Å². The van der Waals surface area contributed by atoms with Crippen LogP contribution in [-0.4, -0.2) is 24.1 Å². The highest BCUT2D eigenvalue weighted by Gasteiger charge is 2.62. The molecular weight excluding hydrogens is 508 g/mol. The van der Waals surface area contributed by atoms with E-state index in [4.69, 9.17) is 9.47 Å². The second kappa shape index (κ2) is 13.0. The van der Waals surface area contributed by atoms with E-state index in [-0.39, 0.29) is 29.6 Å². The van der Waals surface area contributed by atoms with Crippen LogP contribution in [0.1, 0.15) is 113 Å². The van der Waals surface area contributed by atoms with E-state index in [9.17, 15) is 9.59 Å². The van der Waals surface area contributed by atoms with E-state index in [0.717, 1.165) is 37.0 Å². The Morgan fingerprint density at radius 3 is 2.46 bits per heavy atom. The smallest absolute Gasteiger partial charge is 0.338 e. The molecule has 0 aromatic heterocycles. The zero-order valence-electron chi connectivity index (χ0n) is 26.9. The van der Waals surface area contributed by atoms with Gasteiger partial charge in [-0.2, -0.15) is 0 Å². The summed E-state index contributed by atoms with van der Waals surface area (Å²) in [5.41, 5.74) is 2.26. The van der Waals surface area contributed by atoms with Gasteiger partial charge < -0.3 is 9.47 Å². The summed E-state index contributed by atoms with van der Waals surface area (Å²) in [6, 6.07) is 0. The molecular formula is C37H56O4. The van der Waals surface area contributed by atoms with Gasteiger partial charge in [0, 0.05) is 19.3 Å². The van der Waals surface area contributed by atoms with Crippen molar-refractivity contribution in [2.45, 2.75) is 125 Å². The fourth-order valence-corrected chi connectivity index (χ4v) is 9.69. The van der Waals surface area contributed by atoms with Crippen LogP contribution in [0.5, 0.6) is 0 Å². The van der Waals surface area contributed by atoms with Crippen molar-refractivity contribution in [2.24, 2.45) is 46.3 Å². The minimum absolute atomic E-state index is 0.0681. The molecule has 0 aromatic rings. The number of rotatable bonds is 10. The zero-order chi connectivity index (χ0) is 29.9. The van der Waals surface area contributed by atoms with Crippen LogP contribution >= 0.6 is 0 Å². The highest BCUT2D eigenvalue weighted by molar-refractivity contribution is 5.91. The molecule has 0 aromatic carbocycles. The summed E-state index contributed by atoms with van der Waals surface area (Å²) < 4.78 is 12.2. The quantitative estimate of drug-likeness (QED) is 0.115. The molecule has 4 aliphatic carbocycles. The number of hydrogen-bond acceptors (Lipinski definition) is 4. The molecule has 4 heteroatoms. The van der Waals surface area contributed by atoms with Crippen LogP contribution in [0.15, 0.2) is 48.1 Å². The molecule has 0 bridgehead atoms. The molecule has 0 aliphatic heterocycles. The summed E-state index contributed by atoms with van der Waals surface area (Å²) >= 11 is 0. The lowest BCUT2D eigenvalue weighted by atomic mass is 9.46. The molecule has 3 saturated carbocycles. The topological polar surface area (TPSA) is 52.6 Å². The van der Waals surface area contributed by atoms with E-state index in [1.807, 2.05) is 6.92 Å². The standard InChI is InChI=1S/C37H56O4/c1-9-11-15-27(10-2)35(39)41-29-18-20-36(7)28(22-29)23-33(40-26(6)38)34-31-17-16-30(25(5)14-12-13-24(3)4)37(31,8)21-19-32(34)36/h9-11,15,23-25,29-34H,1,12-14,16-22H2,2-8H3. The van der Waals surface area contributed by atoms with Crippen molar-refractivity contribution in [3.63, 3.8) is 0 Å². The van der Waals surface area contributed by atoms with E-state index in [0.29, 0.717) is 28.7 Å². The second-order valence-corrected chi connectivity index (χ2v) is 14.6. The van der Waals surface area contributed by atoms with E-state index in [1.54, 1.807) is 31.2 Å². The first kappa shape index (κ1) is 31.8. The average Bonchev–Trinajstić information content (AvgIpc) is 3.26. The molecule has 41 heavy (non-hydrogen) atoms. The van der Waals surface area contributed by atoms with Gasteiger partial charge in [0.05, 0.1) is 5.57 Å². The first-order valence-electron chi connectivity index (χ1n) is 16.5. The Balaban J connectivity index is 1.56. The van der Waals surface area contributed by atoms with Crippen molar-refractivity contribution in [1.82, 2.24) is 0 Å². The molecule has 228 valence electrons.